The zero-order valence-corrected chi connectivity index (χ0v) is 14.8. The summed E-state index contributed by atoms with van der Waals surface area (Å²) in [7, 11) is 1.37. The van der Waals surface area contributed by atoms with E-state index < -0.39 is 47.8 Å². The average Bonchev–Trinajstić information content (AvgIpc) is 3.14. The molecule has 1 aliphatic heterocycles. The minimum atomic E-state index is -4.62. The Morgan fingerprint density at radius 3 is 2.71 bits per heavy atom. The zero-order valence-electron chi connectivity index (χ0n) is 14.8. The molecule has 1 N–H and O–H groups in total. The van der Waals surface area contributed by atoms with Gasteiger partial charge < -0.3 is 14.5 Å². The predicted octanol–water partition coefficient (Wildman–Crippen LogP) is 1.93. The quantitative estimate of drug-likeness (QED) is 0.789. The number of cyclic esters (lactones) is 1. The zero-order chi connectivity index (χ0) is 20.6. The highest BCUT2D eigenvalue weighted by Crippen LogP contribution is 2.29. The fraction of sp³-hybridized carbons (Fsp3) is 0.438. The molecule has 1 fully saturated rings. The number of oxazole rings is 1. The van der Waals surface area contributed by atoms with Crippen molar-refractivity contribution in [2.24, 2.45) is 4.99 Å². The lowest BCUT2D eigenvalue weighted by Gasteiger charge is -2.13. The first-order valence-electron chi connectivity index (χ1n) is 8.24. The molecule has 0 spiro atoms. The van der Waals surface area contributed by atoms with Gasteiger partial charge in [0.25, 0.3) is 11.6 Å². The number of carbonyl (C=O) groups excluding carboxylic acids is 2. The fourth-order valence-electron chi connectivity index (χ4n) is 2.85. The van der Waals surface area contributed by atoms with Crippen molar-refractivity contribution < 1.29 is 36.3 Å². The first-order chi connectivity index (χ1) is 13.1. The molecule has 28 heavy (non-hydrogen) atoms. The van der Waals surface area contributed by atoms with E-state index in [1.165, 1.54) is 13.1 Å². The minimum absolute atomic E-state index is 0.0163. The molecule has 2 amide bonds. The Morgan fingerprint density at radius 2 is 2.11 bits per heavy atom. The number of likely N-dealkylation sites (N-methyl/N-ethyl adjacent to an activating group) is 1. The summed E-state index contributed by atoms with van der Waals surface area (Å²) in [6.07, 6.45) is -6.60. The molecular weight excluding hydrogens is 388 g/mol. The van der Waals surface area contributed by atoms with E-state index in [0.29, 0.717) is 4.57 Å². The molecular formula is C16H16F4N4O4. The van der Waals surface area contributed by atoms with Crippen molar-refractivity contribution in [1.82, 2.24) is 9.88 Å². The number of nitrogens with zero attached hydrogens (tertiary/aromatic N) is 3. The Morgan fingerprint density at radius 1 is 1.39 bits per heavy atom. The van der Waals surface area contributed by atoms with Crippen molar-refractivity contribution in [3.8, 4) is 0 Å². The van der Waals surface area contributed by atoms with Gasteiger partial charge in [0.05, 0.1) is 12.2 Å². The molecule has 0 saturated carbocycles. The molecule has 0 bridgehead atoms. The van der Waals surface area contributed by atoms with Gasteiger partial charge >= 0.3 is 12.3 Å². The summed E-state index contributed by atoms with van der Waals surface area (Å²) < 4.78 is 64.2. The number of hydrogen-bond donors (Lipinski definition) is 1. The second-order valence-corrected chi connectivity index (χ2v) is 5.93. The fourth-order valence-corrected chi connectivity index (χ4v) is 2.85. The van der Waals surface area contributed by atoms with Crippen LogP contribution in [-0.2, 0) is 16.1 Å². The highest BCUT2D eigenvalue weighted by atomic mass is 19.4. The van der Waals surface area contributed by atoms with Crippen molar-refractivity contribution in [3.63, 3.8) is 0 Å². The molecule has 2 aromatic rings. The first kappa shape index (κ1) is 19.7. The summed E-state index contributed by atoms with van der Waals surface area (Å²) >= 11 is 0. The van der Waals surface area contributed by atoms with Crippen LogP contribution in [0, 0.1) is 5.82 Å². The van der Waals surface area contributed by atoms with E-state index in [9.17, 15) is 27.2 Å². The molecule has 0 unspecified atom stereocenters. The molecule has 2 heterocycles. The smallest absolute Gasteiger partial charge is 0.415 e. The lowest BCUT2D eigenvalue weighted by Crippen LogP contribution is -2.35. The third kappa shape index (κ3) is 3.66. The van der Waals surface area contributed by atoms with E-state index in [2.05, 4.69) is 10.3 Å². The number of ether oxygens (including phenoxy) is 1. The van der Waals surface area contributed by atoms with E-state index in [1.807, 2.05) is 0 Å². The monoisotopic (exact) mass is 404 g/mol. The molecule has 12 heteroatoms. The van der Waals surface area contributed by atoms with Gasteiger partial charge in [0.1, 0.15) is 12.1 Å². The molecule has 1 aromatic heterocycles. The van der Waals surface area contributed by atoms with E-state index in [1.54, 1.807) is 6.92 Å². The van der Waals surface area contributed by atoms with Gasteiger partial charge in [-0.15, -0.1) is 0 Å². The van der Waals surface area contributed by atoms with Gasteiger partial charge in [0.2, 0.25) is 0 Å². The van der Waals surface area contributed by atoms with E-state index in [4.69, 9.17) is 9.15 Å². The number of alkyl halides is 3. The summed E-state index contributed by atoms with van der Waals surface area (Å²) in [5.74, 6) is -1.57. The number of benzene rings is 1. The van der Waals surface area contributed by atoms with Gasteiger partial charge in [-0.2, -0.15) is 13.2 Å². The van der Waals surface area contributed by atoms with Gasteiger partial charge in [0, 0.05) is 25.7 Å². The maximum Gasteiger partial charge on any atom is 0.415 e. The van der Waals surface area contributed by atoms with Crippen LogP contribution in [0.15, 0.2) is 21.5 Å². The number of amides is 2. The number of carbonyl (C=O) groups is 2. The third-order valence-corrected chi connectivity index (χ3v) is 4.01. The van der Waals surface area contributed by atoms with Gasteiger partial charge in [0.15, 0.2) is 17.5 Å². The van der Waals surface area contributed by atoms with Crippen LogP contribution < -0.4 is 15.9 Å². The second kappa shape index (κ2) is 7.17. The van der Waals surface area contributed by atoms with Crippen molar-refractivity contribution in [3.05, 3.63) is 23.6 Å². The van der Waals surface area contributed by atoms with E-state index in [0.717, 1.165) is 11.0 Å². The topological polar surface area (TPSA) is 89.1 Å². The summed E-state index contributed by atoms with van der Waals surface area (Å²) in [6.45, 7) is 0.0446. The molecule has 152 valence electrons. The van der Waals surface area contributed by atoms with Crippen LogP contribution in [0.5, 0.6) is 0 Å². The molecule has 1 atom stereocenters. The summed E-state index contributed by atoms with van der Waals surface area (Å²) in [5.41, 5.74) is -1.05. The van der Waals surface area contributed by atoms with Gasteiger partial charge in [-0.25, -0.2) is 14.2 Å². The molecule has 1 aromatic carbocycles. The maximum atomic E-state index is 14.7. The number of fused-ring (bicyclic) bond motifs is 1. The van der Waals surface area contributed by atoms with Gasteiger partial charge in [-0.05, 0) is 6.92 Å². The summed E-state index contributed by atoms with van der Waals surface area (Å²) in [6, 6.07) is 2.08. The van der Waals surface area contributed by atoms with Crippen LogP contribution in [0.4, 0.5) is 28.0 Å². The van der Waals surface area contributed by atoms with Crippen LogP contribution in [0.2, 0.25) is 0 Å². The third-order valence-electron chi connectivity index (χ3n) is 4.01. The number of rotatable bonds is 4. The highest BCUT2D eigenvalue weighted by Gasteiger charge is 2.37. The predicted molar refractivity (Wildman–Crippen MR) is 88.0 cm³/mol. The van der Waals surface area contributed by atoms with Crippen molar-refractivity contribution >= 4 is 28.8 Å². The molecule has 0 aliphatic carbocycles. The molecule has 3 rings (SSSR count). The number of halogens is 4. The molecule has 8 nitrogen and oxygen atoms in total. The average molecular weight is 404 g/mol. The standard InChI is InChI=1S/C16H16F4N4O4/c1-3-22-14-24(7-16(18,19)20)12-9(17)4-8(5-10(12)27-14)23-6-11(13(25)21-2)28-15(23)26/h4-5,11H,3,6-7H2,1-2H3,(H,21,25)/b22-14-/t11-/m1/s1. The lowest BCUT2D eigenvalue weighted by molar-refractivity contribution is -0.141. The SMILES string of the molecule is CC/N=c1\oc2cc(N3C[C@H](C(=O)NC)OC3=O)cc(F)c2n1CC(F)(F)F. The van der Waals surface area contributed by atoms with Gasteiger partial charge in [-0.3, -0.25) is 14.3 Å². The molecule has 1 aliphatic rings. The summed E-state index contributed by atoms with van der Waals surface area (Å²) in [5, 5.41) is 2.33. The van der Waals surface area contributed by atoms with Crippen LogP contribution in [0.3, 0.4) is 0 Å². The van der Waals surface area contributed by atoms with Gasteiger partial charge in [-0.1, -0.05) is 0 Å². The van der Waals surface area contributed by atoms with E-state index >= 15 is 0 Å². The number of hydrogen-bond acceptors (Lipinski definition) is 5. The van der Waals surface area contributed by atoms with Crippen LogP contribution in [-0.4, -0.2) is 49.0 Å². The maximum absolute atomic E-state index is 14.7. The lowest BCUT2D eigenvalue weighted by atomic mass is 10.2. The van der Waals surface area contributed by atoms with Crippen molar-refractivity contribution in [2.45, 2.75) is 25.7 Å². The van der Waals surface area contributed by atoms with Crippen LogP contribution >= 0.6 is 0 Å². The Bertz CT molecular complexity index is 995. The number of anilines is 1. The van der Waals surface area contributed by atoms with Crippen LogP contribution in [0.25, 0.3) is 11.1 Å². The number of nitrogens with one attached hydrogen (secondary N) is 1. The summed E-state index contributed by atoms with van der Waals surface area (Å²) in [4.78, 5) is 28.5. The Balaban J connectivity index is 2.08. The Labute approximate surface area is 155 Å². The molecule has 1 saturated heterocycles. The van der Waals surface area contributed by atoms with Crippen LogP contribution in [0.1, 0.15) is 6.92 Å². The van der Waals surface area contributed by atoms with Crippen molar-refractivity contribution in [1.29, 1.82) is 0 Å². The van der Waals surface area contributed by atoms with E-state index in [-0.39, 0.29) is 24.4 Å². The minimum Gasteiger partial charge on any atom is -0.434 e. The van der Waals surface area contributed by atoms with Crippen molar-refractivity contribution in [2.75, 3.05) is 25.0 Å². The normalized spacial score (nSPS) is 18.1. The number of aromatic nitrogens is 1. The Hall–Kier alpha value is -3.05. The highest BCUT2D eigenvalue weighted by molar-refractivity contribution is 5.96. The largest absolute Gasteiger partial charge is 0.434 e. The first-order valence-corrected chi connectivity index (χ1v) is 8.24. The molecule has 0 radical (unpaired) electrons. The Kier molecular flexibility index (Phi) is 5.04. The second-order valence-electron chi connectivity index (χ2n) is 5.93.